The fourth-order valence-electron chi connectivity index (χ4n) is 2.19. The van der Waals surface area contributed by atoms with E-state index in [1.807, 2.05) is 6.07 Å². The average molecular weight is 367 g/mol. The van der Waals surface area contributed by atoms with Gasteiger partial charge in [-0.05, 0) is 43.3 Å². The van der Waals surface area contributed by atoms with Gasteiger partial charge in [-0.25, -0.2) is 4.79 Å². The molecule has 2 aromatic carbocycles. The molecular weight excluding hydrogens is 351 g/mol. The Morgan fingerprint density at radius 1 is 1.00 bits per heavy atom. The first kappa shape index (κ1) is 19.3. The lowest BCUT2D eigenvalue weighted by Crippen LogP contribution is -2.34. The molecule has 2 rings (SSSR count). The summed E-state index contributed by atoms with van der Waals surface area (Å²) in [7, 11) is 0. The van der Waals surface area contributed by atoms with Crippen molar-refractivity contribution in [3.63, 3.8) is 0 Å². The van der Waals surface area contributed by atoms with Crippen molar-refractivity contribution in [2.75, 3.05) is 18.1 Å². The molecule has 0 aliphatic carbocycles. The van der Waals surface area contributed by atoms with E-state index in [0.29, 0.717) is 12.2 Å². The summed E-state index contributed by atoms with van der Waals surface area (Å²) in [6.45, 7) is 1.69. The highest BCUT2D eigenvalue weighted by Crippen LogP contribution is 2.23. The Kier molecular flexibility index (Phi) is 6.21. The molecule has 1 amide bonds. The predicted molar refractivity (Wildman–Crippen MR) is 87.9 cm³/mol. The van der Waals surface area contributed by atoms with Crippen molar-refractivity contribution in [2.24, 2.45) is 0 Å². The van der Waals surface area contributed by atoms with Crippen molar-refractivity contribution in [1.82, 2.24) is 0 Å². The Labute approximate surface area is 147 Å². The zero-order chi connectivity index (χ0) is 19.2. The van der Waals surface area contributed by atoms with Crippen molar-refractivity contribution in [3.8, 4) is 5.75 Å². The number of benzene rings is 2. The number of esters is 1. The van der Waals surface area contributed by atoms with Crippen molar-refractivity contribution < 1.29 is 32.2 Å². The molecule has 0 fully saturated rings. The molecule has 0 radical (unpaired) electrons. The Morgan fingerprint density at radius 3 is 2.15 bits per heavy atom. The zero-order valence-corrected chi connectivity index (χ0v) is 13.8. The van der Waals surface area contributed by atoms with Crippen LogP contribution < -0.4 is 9.64 Å². The largest absolute Gasteiger partial charge is 0.573 e. The molecular formula is C18H16F3NO4. The van der Waals surface area contributed by atoms with Crippen molar-refractivity contribution >= 4 is 17.6 Å². The summed E-state index contributed by atoms with van der Waals surface area (Å²) in [6, 6.07) is 13.1. The van der Waals surface area contributed by atoms with E-state index < -0.39 is 30.6 Å². The van der Waals surface area contributed by atoms with Gasteiger partial charge in [0, 0.05) is 12.2 Å². The van der Waals surface area contributed by atoms with Crippen molar-refractivity contribution in [3.05, 3.63) is 60.2 Å². The van der Waals surface area contributed by atoms with Gasteiger partial charge in [0.05, 0.1) is 5.56 Å². The van der Waals surface area contributed by atoms with Gasteiger partial charge in [-0.15, -0.1) is 13.2 Å². The number of rotatable bonds is 6. The quantitative estimate of drug-likeness (QED) is 0.729. The molecule has 2 aromatic rings. The second-order valence-corrected chi connectivity index (χ2v) is 5.12. The van der Waals surface area contributed by atoms with Crippen molar-refractivity contribution in [2.45, 2.75) is 13.3 Å². The van der Waals surface area contributed by atoms with Gasteiger partial charge in [0.2, 0.25) is 0 Å². The summed E-state index contributed by atoms with van der Waals surface area (Å²) in [4.78, 5) is 25.6. The molecule has 138 valence electrons. The van der Waals surface area contributed by atoms with E-state index in [1.165, 1.54) is 4.90 Å². The maximum absolute atomic E-state index is 12.2. The molecule has 0 saturated carbocycles. The molecule has 8 heteroatoms. The normalized spacial score (nSPS) is 10.9. The molecule has 0 atom stereocenters. The zero-order valence-electron chi connectivity index (χ0n) is 13.8. The topological polar surface area (TPSA) is 55.8 Å². The van der Waals surface area contributed by atoms with Crippen LogP contribution in [0.1, 0.15) is 17.3 Å². The molecule has 0 heterocycles. The van der Waals surface area contributed by atoms with Crippen LogP contribution in [0.3, 0.4) is 0 Å². The van der Waals surface area contributed by atoms with Gasteiger partial charge in [-0.2, -0.15) is 0 Å². The molecule has 0 unspecified atom stereocenters. The van der Waals surface area contributed by atoms with Gasteiger partial charge in [-0.1, -0.05) is 18.2 Å². The summed E-state index contributed by atoms with van der Waals surface area (Å²) in [6.07, 6.45) is -4.81. The molecule has 0 bridgehead atoms. The minimum Gasteiger partial charge on any atom is -0.452 e. The molecule has 0 saturated heterocycles. The number of anilines is 1. The number of hydrogen-bond acceptors (Lipinski definition) is 4. The summed E-state index contributed by atoms with van der Waals surface area (Å²) < 4.78 is 45.0. The highest BCUT2D eigenvalue weighted by Gasteiger charge is 2.31. The van der Waals surface area contributed by atoms with Crippen molar-refractivity contribution in [1.29, 1.82) is 0 Å². The number of likely N-dealkylation sites (N-methyl/N-ethyl adjacent to an activating group) is 1. The number of alkyl halides is 3. The fraction of sp³-hybridized carbons (Fsp3) is 0.222. The third-order valence-corrected chi connectivity index (χ3v) is 3.34. The molecule has 0 aliphatic heterocycles. The van der Waals surface area contributed by atoms with E-state index in [-0.39, 0.29) is 5.56 Å². The van der Waals surface area contributed by atoms with E-state index in [2.05, 4.69) is 4.74 Å². The number of ether oxygens (including phenoxy) is 2. The third kappa shape index (κ3) is 5.51. The SMILES string of the molecule is CCN(C(=O)COC(=O)c1ccc(OC(F)(F)F)cc1)c1ccccc1. The number of carbonyl (C=O) groups excluding carboxylic acids is 2. The highest BCUT2D eigenvalue weighted by molar-refractivity contribution is 5.97. The lowest BCUT2D eigenvalue weighted by atomic mass is 10.2. The summed E-state index contributed by atoms with van der Waals surface area (Å²) in [5.41, 5.74) is 0.680. The second kappa shape index (κ2) is 8.37. The molecule has 0 spiro atoms. The van der Waals surface area contributed by atoms with Gasteiger partial charge in [0.1, 0.15) is 5.75 Å². The Hall–Kier alpha value is -3.03. The predicted octanol–water partition coefficient (Wildman–Crippen LogP) is 3.80. The Morgan fingerprint density at radius 2 is 1.62 bits per heavy atom. The molecule has 26 heavy (non-hydrogen) atoms. The van der Waals surface area contributed by atoms with E-state index >= 15 is 0 Å². The Balaban J connectivity index is 1.94. The lowest BCUT2D eigenvalue weighted by Gasteiger charge is -2.20. The minimum absolute atomic E-state index is 0.00934. The summed E-state index contributed by atoms with van der Waals surface area (Å²) >= 11 is 0. The summed E-state index contributed by atoms with van der Waals surface area (Å²) in [5, 5.41) is 0. The standard InChI is InChI=1S/C18H16F3NO4/c1-2-22(14-6-4-3-5-7-14)16(23)12-25-17(24)13-8-10-15(11-9-13)26-18(19,20)21/h3-11H,2,12H2,1H3. The number of halogens is 3. The monoisotopic (exact) mass is 367 g/mol. The first-order valence-corrected chi connectivity index (χ1v) is 7.68. The number of nitrogens with zero attached hydrogens (tertiary/aromatic N) is 1. The maximum atomic E-state index is 12.2. The van der Waals surface area contributed by atoms with Gasteiger partial charge in [0.25, 0.3) is 5.91 Å². The summed E-state index contributed by atoms with van der Waals surface area (Å²) in [5.74, 6) is -1.68. The van der Waals surface area contributed by atoms with Crippen LogP contribution in [-0.4, -0.2) is 31.4 Å². The van der Waals surface area contributed by atoms with E-state index in [4.69, 9.17) is 4.74 Å². The fourth-order valence-corrected chi connectivity index (χ4v) is 2.19. The first-order chi connectivity index (χ1) is 12.3. The maximum Gasteiger partial charge on any atom is 0.573 e. The van der Waals surface area contributed by atoms with Crippen LogP contribution in [0.2, 0.25) is 0 Å². The third-order valence-electron chi connectivity index (χ3n) is 3.34. The molecule has 5 nitrogen and oxygen atoms in total. The number of carbonyl (C=O) groups is 2. The van der Waals surface area contributed by atoms with Crippen LogP contribution in [0.5, 0.6) is 5.75 Å². The average Bonchev–Trinajstić information content (AvgIpc) is 2.60. The smallest absolute Gasteiger partial charge is 0.452 e. The molecule has 0 N–H and O–H groups in total. The van der Waals surface area contributed by atoms with E-state index in [1.54, 1.807) is 31.2 Å². The van der Waals surface area contributed by atoms with Gasteiger partial charge >= 0.3 is 12.3 Å². The van der Waals surface area contributed by atoms with E-state index in [0.717, 1.165) is 24.3 Å². The molecule has 0 aromatic heterocycles. The number of hydrogen-bond donors (Lipinski definition) is 0. The van der Waals surface area contributed by atoms with Crippen LogP contribution in [0.25, 0.3) is 0 Å². The first-order valence-electron chi connectivity index (χ1n) is 7.68. The number of para-hydroxylation sites is 1. The number of amides is 1. The molecule has 0 aliphatic rings. The van der Waals surface area contributed by atoms with Crippen LogP contribution in [0.4, 0.5) is 18.9 Å². The highest BCUT2D eigenvalue weighted by atomic mass is 19.4. The Bertz CT molecular complexity index is 745. The van der Waals surface area contributed by atoms with Gasteiger partial charge < -0.3 is 14.4 Å². The van der Waals surface area contributed by atoms with Gasteiger partial charge in [-0.3, -0.25) is 4.79 Å². The second-order valence-electron chi connectivity index (χ2n) is 5.12. The minimum atomic E-state index is -4.81. The van der Waals surface area contributed by atoms with Crippen LogP contribution in [0.15, 0.2) is 54.6 Å². The van der Waals surface area contributed by atoms with Crippen LogP contribution >= 0.6 is 0 Å². The van der Waals surface area contributed by atoms with E-state index in [9.17, 15) is 22.8 Å². The van der Waals surface area contributed by atoms with Gasteiger partial charge in [0.15, 0.2) is 6.61 Å². The van der Waals surface area contributed by atoms with Crippen LogP contribution in [-0.2, 0) is 9.53 Å². The lowest BCUT2D eigenvalue weighted by molar-refractivity contribution is -0.274. The van der Waals surface area contributed by atoms with Crippen LogP contribution in [0, 0.1) is 0 Å².